The molecular formula is C18H30N2O. The number of nitrogens with zero attached hydrogens (tertiary/aromatic N) is 1. The lowest BCUT2D eigenvalue weighted by atomic mass is 10.1. The van der Waals surface area contributed by atoms with Crippen LogP contribution in [-0.2, 0) is 13.1 Å². The molecule has 1 aliphatic carbocycles. The van der Waals surface area contributed by atoms with Gasteiger partial charge in [-0.15, -0.1) is 0 Å². The molecular weight excluding hydrogens is 260 g/mol. The summed E-state index contributed by atoms with van der Waals surface area (Å²) < 4.78 is 5.54. The number of benzene rings is 1. The summed E-state index contributed by atoms with van der Waals surface area (Å²) in [5, 5.41) is 3.48. The van der Waals surface area contributed by atoms with E-state index in [1.54, 1.807) is 7.11 Å². The van der Waals surface area contributed by atoms with Gasteiger partial charge in [0.15, 0.2) is 0 Å². The molecule has 0 spiro atoms. The SMILES string of the molecule is CCN(Cc1cc(CNC(C)C)ccc1OC)CC1CC1. The lowest BCUT2D eigenvalue weighted by molar-refractivity contribution is 0.263. The molecule has 118 valence electrons. The molecule has 1 aromatic rings. The summed E-state index contributed by atoms with van der Waals surface area (Å²) in [6.07, 6.45) is 2.82. The molecule has 0 amide bonds. The standard InChI is InChI=1S/C18H30N2O/c1-5-20(12-15-6-7-15)13-17-10-16(11-19-14(2)3)8-9-18(17)21-4/h8-10,14-15,19H,5-7,11-13H2,1-4H3. The first-order chi connectivity index (χ1) is 10.1. The van der Waals surface area contributed by atoms with Crippen LogP contribution in [0.15, 0.2) is 18.2 Å². The van der Waals surface area contributed by atoms with Crippen LogP contribution in [0.5, 0.6) is 5.75 Å². The Morgan fingerprint density at radius 1 is 1.33 bits per heavy atom. The van der Waals surface area contributed by atoms with Crippen LogP contribution >= 0.6 is 0 Å². The second kappa shape index (κ2) is 7.81. The fraction of sp³-hybridized carbons (Fsp3) is 0.667. The Kier molecular flexibility index (Phi) is 6.07. The first-order valence-electron chi connectivity index (χ1n) is 8.23. The quantitative estimate of drug-likeness (QED) is 0.754. The zero-order chi connectivity index (χ0) is 15.2. The van der Waals surface area contributed by atoms with Gasteiger partial charge in [-0.05, 0) is 43.0 Å². The normalized spacial score (nSPS) is 15.0. The maximum Gasteiger partial charge on any atom is 0.123 e. The van der Waals surface area contributed by atoms with Crippen LogP contribution in [0, 0.1) is 5.92 Å². The van der Waals surface area contributed by atoms with E-state index >= 15 is 0 Å². The van der Waals surface area contributed by atoms with Crippen molar-refractivity contribution in [3.05, 3.63) is 29.3 Å². The molecule has 0 aliphatic heterocycles. The lowest BCUT2D eigenvalue weighted by Crippen LogP contribution is -2.26. The van der Waals surface area contributed by atoms with E-state index in [0.29, 0.717) is 6.04 Å². The average Bonchev–Trinajstić information content (AvgIpc) is 3.28. The molecule has 0 radical (unpaired) electrons. The van der Waals surface area contributed by atoms with E-state index in [2.05, 4.69) is 49.2 Å². The van der Waals surface area contributed by atoms with E-state index in [9.17, 15) is 0 Å². The number of hydrogen-bond donors (Lipinski definition) is 1. The minimum Gasteiger partial charge on any atom is -0.496 e. The van der Waals surface area contributed by atoms with Gasteiger partial charge in [-0.3, -0.25) is 4.90 Å². The van der Waals surface area contributed by atoms with Crippen molar-refractivity contribution in [2.24, 2.45) is 5.92 Å². The summed E-state index contributed by atoms with van der Waals surface area (Å²) in [6.45, 7) is 10.9. The van der Waals surface area contributed by atoms with Gasteiger partial charge in [0, 0.05) is 31.2 Å². The minimum atomic E-state index is 0.512. The molecule has 1 saturated carbocycles. The van der Waals surface area contributed by atoms with E-state index in [-0.39, 0.29) is 0 Å². The summed E-state index contributed by atoms with van der Waals surface area (Å²) in [4.78, 5) is 2.54. The Morgan fingerprint density at radius 2 is 2.10 bits per heavy atom. The van der Waals surface area contributed by atoms with Crippen molar-refractivity contribution in [2.75, 3.05) is 20.2 Å². The number of hydrogen-bond acceptors (Lipinski definition) is 3. The Morgan fingerprint density at radius 3 is 2.67 bits per heavy atom. The van der Waals surface area contributed by atoms with Gasteiger partial charge in [-0.1, -0.05) is 26.8 Å². The zero-order valence-electron chi connectivity index (χ0n) is 14.0. The Bertz CT molecular complexity index is 441. The summed E-state index contributed by atoms with van der Waals surface area (Å²) in [7, 11) is 1.77. The van der Waals surface area contributed by atoms with Crippen LogP contribution in [0.3, 0.4) is 0 Å². The summed E-state index contributed by atoms with van der Waals surface area (Å²) >= 11 is 0. The highest BCUT2D eigenvalue weighted by Crippen LogP contribution is 2.31. The molecule has 2 rings (SSSR count). The van der Waals surface area contributed by atoms with Crippen molar-refractivity contribution < 1.29 is 4.74 Å². The summed E-state index contributed by atoms with van der Waals surface area (Å²) in [5.74, 6) is 1.94. The topological polar surface area (TPSA) is 24.5 Å². The van der Waals surface area contributed by atoms with E-state index in [1.807, 2.05) is 0 Å². The molecule has 0 unspecified atom stereocenters. The molecule has 3 heteroatoms. The zero-order valence-corrected chi connectivity index (χ0v) is 14.0. The van der Waals surface area contributed by atoms with Crippen LogP contribution in [0.4, 0.5) is 0 Å². The Balaban J connectivity index is 2.04. The van der Waals surface area contributed by atoms with Crippen molar-refractivity contribution in [1.29, 1.82) is 0 Å². The van der Waals surface area contributed by atoms with Gasteiger partial charge in [0.2, 0.25) is 0 Å². The van der Waals surface area contributed by atoms with E-state index < -0.39 is 0 Å². The lowest BCUT2D eigenvalue weighted by Gasteiger charge is -2.22. The molecule has 21 heavy (non-hydrogen) atoms. The molecule has 0 bridgehead atoms. The van der Waals surface area contributed by atoms with Crippen LogP contribution in [0.25, 0.3) is 0 Å². The van der Waals surface area contributed by atoms with Gasteiger partial charge in [0.25, 0.3) is 0 Å². The molecule has 0 saturated heterocycles. The molecule has 3 nitrogen and oxygen atoms in total. The van der Waals surface area contributed by atoms with Gasteiger partial charge in [-0.25, -0.2) is 0 Å². The molecule has 1 fully saturated rings. The summed E-state index contributed by atoms with van der Waals surface area (Å²) in [6, 6.07) is 7.08. The molecule has 1 N–H and O–H groups in total. The second-order valence-corrected chi connectivity index (χ2v) is 6.45. The fourth-order valence-electron chi connectivity index (χ4n) is 2.60. The van der Waals surface area contributed by atoms with Crippen molar-refractivity contribution in [3.8, 4) is 5.75 Å². The molecule has 0 aromatic heterocycles. The monoisotopic (exact) mass is 290 g/mol. The predicted octanol–water partition coefficient (Wildman–Crippen LogP) is 3.43. The first-order valence-corrected chi connectivity index (χ1v) is 8.23. The first kappa shape index (κ1) is 16.3. The third-order valence-electron chi connectivity index (χ3n) is 4.11. The average molecular weight is 290 g/mol. The van der Waals surface area contributed by atoms with Crippen molar-refractivity contribution >= 4 is 0 Å². The van der Waals surface area contributed by atoms with Crippen molar-refractivity contribution in [1.82, 2.24) is 10.2 Å². The van der Waals surface area contributed by atoms with Gasteiger partial charge >= 0.3 is 0 Å². The van der Waals surface area contributed by atoms with Gasteiger partial charge < -0.3 is 10.1 Å². The third kappa shape index (κ3) is 5.33. The maximum atomic E-state index is 5.54. The maximum absolute atomic E-state index is 5.54. The van der Waals surface area contributed by atoms with Crippen LogP contribution in [0.1, 0.15) is 44.7 Å². The van der Waals surface area contributed by atoms with E-state index in [4.69, 9.17) is 4.74 Å². The number of ether oxygens (including phenoxy) is 1. The van der Waals surface area contributed by atoms with Crippen molar-refractivity contribution in [2.45, 2.75) is 52.7 Å². The molecule has 1 aromatic carbocycles. The third-order valence-corrected chi connectivity index (χ3v) is 4.11. The van der Waals surface area contributed by atoms with Gasteiger partial charge in [0.1, 0.15) is 5.75 Å². The fourth-order valence-corrected chi connectivity index (χ4v) is 2.60. The largest absolute Gasteiger partial charge is 0.496 e. The van der Waals surface area contributed by atoms with Crippen LogP contribution in [-0.4, -0.2) is 31.1 Å². The molecule has 1 aliphatic rings. The predicted molar refractivity (Wildman–Crippen MR) is 88.6 cm³/mol. The van der Waals surface area contributed by atoms with Gasteiger partial charge in [-0.2, -0.15) is 0 Å². The number of nitrogens with one attached hydrogen (secondary N) is 1. The second-order valence-electron chi connectivity index (χ2n) is 6.45. The highest BCUT2D eigenvalue weighted by atomic mass is 16.5. The highest BCUT2D eigenvalue weighted by molar-refractivity contribution is 5.37. The minimum absolute atomic E-state index is 0.512. The van der Waals surface area contributed by atoms with Gasteiger partial charge in [0.05, 0.1) is 7.11 Å². The highest BCUT2D eigenvalue weighted by Gasteiger charge is 2.24. The number of methoxy groups -OCH3 is 1. The smallest absolute Gasteiger partial charge is 0.123 e. The van der Waals surface area contributed by atoms with Crippen molar-refractivity contribution in [3.63, 3.8) is 0 Å². The van der Waals surface area contributed by atoms with E-state index in [0.717, 1.165) is 31.3 Å². The molecule has 0 heterocycles. The Labute approximate surface area is 129 Å². The van der Waals surface area contributed by atoms with Crippen LogP contribution in [0.2, 0.25) is 0 Å². The summed E-state index contributed by atoms with van der Waals surface area (Å²) in [5.41, 5.74) is 2.64. The van der Waals surface area contributed by atoms with Crippen LogP contribution < -0.4 is 10.1 Å². The Hall–Kier alpha value is -1.06. The van der Waals surface area contributed by atoms with E-state index in [1.165, 1.54) is 30.5 Å². The molecule has 0 atom stereocenters. The number of rotatable bonds is 9.